The van der Waals surface area contributed by atoms with Crippen molar-refractivity contribution in [2.75, 3.05) is 13.2 Å². The normalized spacial score (nSPS) is 11.7. The van der Waals surface area contributed by atoms with Crippen LogP contribution in [0.1, 0.15) is 32.8 Å². The third kappa shape index (κ3) is 4.84. The van der Waals surface area contributed by atoms with E-state index in [1.54, 1.807) is 0 Å². The standard InChI is InChI=1S/C16H23NO2/c1-5-11-19-16-14(12-17-13(4)6-2)9-8-10-15(16)18-7-3/h1,8-10,13,17H,6-7,11-12H2,2-4H3/t13-/m1/s1. The fraction of sp³-hybridized carbons (Fsp3) is 0.500. The quantitative estimate of drug-likeness (QED) is 0.730. The molecule has 0 unspecified atom stereocenters. The van der Waals surface area contributed by atoms with Gasteiger partial charge in [-0.15, -0.1) is 6.42 Å². The average Bonchev–Trinajstić information content (AvgIpc) is 2.43. The van der Waals surface area contributed by atoms with Gasteiger partial charge in [0, 0.05) is 18.2 Å². The summed E-state index contributed by atoms with van der Waals surface area (Å²) in [6.45, 7) is 7.87. The Bertz CT molecular complexity index is 423. The first-order valence-corrected chi connectivity index (χ1v) is 6.77. The number of para-hydroxylation sites is 1. The lowest BCUT2D eigenvalue weighted by atomic mass is 10.1. The Kier molecular flexibility index (Phi) is 6.84. The van der Waals surface area contributed by atoms with Crippen LogP contribution in [0, 0.1) is 12.3 Å². The molecule has 0 saturated carbocycles. The maximum Gasteiger partial charge on any atom is 0.167 e. The molecule has 0 heterocycles. The highest BCUT2D eigenvalue weighted by Gasteiger charge is 2.11. The molecule has 3 nitrogen and oxygen atoms in total. The van der Waals surface area contributed by atoms with Gasteiger partial charge in [-0.05, 0) is 26.3 Å². The van der Waals surface area contributed by atoms with Crippen molar-refractivity contribution in [3.63, 3.8) is 0 Å². The number of ether oxygens (including phenoxy) is 2. The van der Waals surface area contributed by atoms with Crippen LogP contribution in [0.3, 0.4) is 0 Å². The molecule has 0 aromatic heterocycles. The van der Waals surface area contributed by atoms with Gasteiger partial charge in [0.25, 0.3) is 0 Å². The van der Waals surface area contributed by atoms with E-state index in [0.717, 1.165) is 30.0 Å². The first-order valence-electron chi connectivity index (χ1n) is 6.77. The molecule has 0 aliphatic carbocycles. The highest BCUT2D eigenvalue weighted by molar-refractivity contribution is 5.46. The summed E-state index contributed by atoms with van der Waals surface area (Å²) in [4.78, 5) is 0. The Labute approximate surface area is 116 Å². The zero-order chi connectivity index (χ0) is 14.1. The number of nitrogens with one attached hydrogen (secondary N) is 1. The molecule has 0 saturated heterocycles. The maximum absolute atomic E-state index is 5.63. The summed E-state index contributed by atoms with van der Waals surface area (Å²) in [5, 5.41) is 3.45. The molecule has 1 N–H and O–H groups in total. The van der Waals surface area contributed by atoms with E-state index in [0.29, 0.717) is 12.6 Å². The van der Waals surface area contributed by atoms with E-state index in [9.17, 15) is 0 Å². The van der Waals surface area contributed by atoms with E-state index < -0.39 is 0 Å². The van der Waals surface area contributed by atoms with Crippen molar-refractivity contribution in [1.29, 1.82) is 0 Å². The van der Waals surface area contributed by atoms with Gasteiger partial charge in [0.05, 0.1) is 6.61 Å². The number of hydrogen-bond acceptors (Lipinski definition) is 3. The zero-order valence-electron chi connectivity index (χ0n) is 12.0. The van der Waals surface area contributed by atoms with Crippen molar-refractivity contribution in [2.45, 2.75) is 39.8 Å². The molecular weight excluding hydrogens is 238 g/mol. The van der Waals surface area contributed by atoms with Crippen molar-refractivity contribution < 1.29 is 9.47 Å². The van der Waals surface area contributed by atoms with E-state index in [1.165, 1.54) is 0 Å². The predicted molar refractivity (Wildman–Crippen MR) is 78.5 cm³/mol. The summed E-state index contributed by atoms with van der Waals surface area (Å²) in [6, 6.07) is 6.38. The molecule has 104 valence electrons. The molecule has 0 radical (unpaired) electrons. The number of terminal acetylenes is 1. The van der Waals surface area contributed by atoms with Crippen LogP contribution in [0.2, 0.25) is 0 Å². The van der Waals surface area contributed by atoms with Crippen LogP contribution in [0.25, 0.3) is 0 Å². The van der Waals surface area contributed by atoms with Crippen LogP contribution in [-0.2, 0) is 6.54 Å². The highest BCUT2D eigenvalue weighted by atomic mass is 16.5. The molecule has 1 aromatic rings. The summed E-state index contributed by atoms with van der Waals surface area (Å²) in [5.41, 5.74) is 1.07. The maximum atomic E-state index is 5.63. The van der Waals surface area contributed by atoms with E-state index in [4.69, 9.17) is 15.9 Å². The monoisotopic (exact) mass is 261 g/mol. The molecule has 0 aliphatic heterocycles. The Morgan fingerprint density at radius 1 is 1.32 bits per heavy atom. The van der Waals surface area contributed by atoms with Gasteiger partial charge in [-0.25, -0.2) is 0 Å². The summed E-state index contributed by atoms with van der Waals surface area (Å²) < 4.78 is 11.2. The molecule has 0 amide bonds. The minimum absolute atomic E-state index is 0.250. The summed E-state index contributed by atoms with van der Waals surface area (Å²) >= 11 is 0. The third-order valence-electron chi connectivity index (χ3n) is 2.91. The lowest BCUT2D eigenvalue weighted by Crippen LogP contribution is -2.24. The van der Waals surface area contributed by atoms with Crippen LogP contribution in [0.5, 0.6) is 11.5 Å². The van der Waals surface area contributed by atoms with Crippen molar-refractivity contribution in [1.82, 2.24) is 5.32 Å². The molecule has 1 rings (SSSR count). The van der Waals surface area contributed by atoms with Crippen LogP contribution in [-0.4, -0.2) is 19.3 Å². The average molecular weight is 261 g/mol. The second-order valence-electron chi connectivity index (χ2n) is 4.36. The second-order valence-corrected chi connectivity index (χ2v) is 4.36. The third-order valence-corrected chi connectivity index (χ3v) is 2.91. The van der Waals surface area contributed by atoms with Gasteiger partial charge in [-0.1, -0.05) is 25.0 Å². The first-order chi connectivity index (χ1) is 9.22. The molecule has 0 fully saturated rings. The fourth-order valence-corrected chi connectivity index (χ4v) is 1.68. The summed E-state index contributed by atoms with van der Waals surface area (Å²) in [7, 11) is 0. The Morgan fingerprint density at radius 2 is 2.11 bits per heavy atom. The minimum Gasteiger partial charge on any atom is -0.490 e. The molecular formula is C16H23NO2. The van der Waals surface area contributed by atoms with Gasteiger partial charge in [0.2, 0.25) is 0 Å². The van der Waals surface area contributed by atoms with Gasteiger partial charge in [0.1, 0.15) is 6.61 Å². The Morgan fingerprint density at radius 3 is 2.74 bits per heavy atom. The molecule has 0 spiro atoms. The Balaban J connectivity index is 2.87. The zero-order valence-corrected chi connectivity index (χ0v) is 12.0. The van der Waals surface area contributed by atoms with Gasteiger partial charge in [-0.3, -0.25) is 0 Å². The molecule has 1 atom stereocenters. The minimum atomic E-state index is 0.250. The number of hydrogen-bond donors (Lipinski definition) is 1. The van der Waals surface area contributed by atoms with Crippen molar-refractivity contribution in [3.05, 3.63) is 23.8 Å². The summed E-state index contributed by atoms with van der Waals surface area (Å²) in [6.07, 6.45) is 6.35. The van der Waals surface area contributed by atoms with Crippen LogP contribution < -0.4 is 14.8 Å². The van der Waals surface area contributed by atoms with Gasteiger partial charge < -0.3 is 14.8 Å². The lowest BCUT2D eigenvalue weighted by molar-refractivity contribution is 0.296. The number of rotatable bonds is 8. The highest BCUT2D eigenvalue weighted by Crippen LogP contribution is 2.31. The van der Waals surface area contributed by atoms with E-state index in [-0.39, 0.29) is 6.61 Å². The van der Waals surface area contributed by atoms with E-state index >= 15 is 0 Å². The molecule has 1 aromatic carbocycles. The van der Waals surface area contributed by atoms with Crippen LogP contribution in [0.15, 0.2) is 18.2 Å². The SMILES string of the molecule is C#CCOc1c(CN[C@H](C)CC)cccc1OCC. The lowest BCUT2D eigenvalue weighted by Gasteiger charge is -2.17. The smallest absolute Gasteiger partial charge is 0.167 e. The topological polar surface area (TPSA) is 30.5 Å². The van der Waals surface area contributed by atoms with Gasteiger partial charge in [-0.2, -0.15) is 0 Å². The van der Waals surface area contributed by atoms with E-state index in [1.807, 2.05) is 25.1 Å². The van der Waals surface area contributed by atoms with Crippen molar-refractivity contribution in [3.8, 4) is 23.8 Å². The number of benzene rings is 1. The molecule has 0 aliphatic rings. The van der Waals surface area contributed by atoms with Crippen LogP contribution in [0.4, 0.5) is 0 Å². The molecule has 19 heavy (non-hydrogen) atoms. The van der Waals surface area contributed by atoms with Gasteiger partial charge >= 0.3 is 0 Å². The van der Waals surface area contributed by atoms with E-state index in [2.05, 4.69) is 25.1 Å². The second kappa shape index (κ2) is 8.44. The molecule has 3 heteroatoms. The summed E-state index contributed by atoms with van der Waals surface area (Å²) in [5.74, 6) is 3.99. The Hall–Kier alpha value is -1.66. The predicted octanol–water partition coefficient (Wildman–Crippen LogP) is 2.99. The van der Waals surface area contributed by atoms with Gasteiger partial charge in [0.15, 0.2) is 11.5 Å². The fourth-order valence-electron chi connectivity index (χ4n) is 1.68. The van der Waals surface area contributed by atoms with Crippen molar-refractivity contribution in [2.24, 2.45) is 0 Å². The first kappa shape index (κ1) is 15.4. The molecule has 0 bridgehead atoms. The van der Waals surface area contributed by atoms with Crippen LogP contribution >= 0.6 is 0 Å². The van der Waals surface area contributed by atoms with Crippen molar-refractivity contribution >= 4 is 0 Å². The largest absolute Gasteiger partial charge is 0.490 e.